The summed E-state index contributed by atoms with van der Waals surface area (Å²) in [6, 6.07) is 10.6. The summed E-state index contributed by atoms with van der Waals surface area (Å²) in [5.74, 6) is 0.984. The molecule has 0 aliphatic heterocycles. The normalized spacial score (nSPS) is 10.4. The van der Waals surface area contributed by atoms with Crippen molar-refractivity contribution in [3.63, 3.8) is 0 Å². The van der Waals surface area contributed by atoms with Crippen molar-refractivity contribution in [1.29, 1.82) is 0 Å². The molecule has 0 spiro atoms. The lowest BCUT2D eigenvalue weighted by Crippen LogP contribution is -2.02. The van der Waals surface area contributed by atoms with Gasteiger partial charge in [-0.15, -0.1) is 0 Å². The monoisotopic (exact) mass is 275 g/mol. The number of methoxy groups -OCH3 is 1. The molecule has 2 aromatic carbocycles. The molecule has 3 nitrogen and oxygen atoms in total. The van der Waals surface area contributed by atoms with E-state index in [1.165, 1.54) is 6.07 Å². The number of aryl methyl sites for hydroxylation is 1. The summed E-state index contributed by atoms with van der Waals surface area (Å²) in [4.78, 5) is 0. The van der Waals surface area contributed by atoms with E-state index in [1.807, 2.05) is 18.2 Å². The van der Waals surface area contributed by atoms with Gasteiger partial charge in [-0.25, -0.2) is 4.39 Å². The molecular formula is C16H18FNO2. The molecular weight excluding hydrogens is 257 g/mol. The van der Waals surface area contributed by atoms with Gasteiger partial charge in [0.15, 0.2) is 0 Å². The highest BCUT2D eigenvalue weighted by molar-refractivity contribution is 5.37. The second-order valence-electron chi connectivity index (χ2n) is 4.55. The van der Waals surface area contributed by atoms with Gasteiger partial charge in [0.2, 0.25) is 0 Å². The third kappa shape index (κ3) is 3.27. The third-order valence-electron chi connectivity index (χ3n) is 3.12. The van der Waals surface area contributed by atoms with E-state index >= 15 is 0 Å². The van der Waals surface area contributed by atoms with Crippen LogP contribution >= 0.6 is 0 Å². The second kappa shape index (κ2) is 6.39. The van der Waals surface area contributed by atoms with Crippen molar-refractivity contribution in [2.45, 2.75) is 20.1 Å². The Kier molecular flexibility index (Phi) is 4.58. The van der Waals surface area contributed by atoms with Crippen molar-refractivity contribution >= 4 is 0 Å². The van der Waals surface area contributed by atoms with Gasteiger partial charge in [0, 0.05) is 18.2 Å². The highest BCUT2D eigenvalue weighted by Gasteiger charge is 2.05. The number of halogens is 1. The lowest BCUT2D eigenvalue weighted by atomic mass is 10.1. The summed E-state index contributed by atoms with van der Waals surface area (Å²) in [6.45, 7) is 2.49. The van der Waals surface area contributed by atoms with Crippen LogP contribution in [-0.4, -0.2) is 7.11 Å². The molecule has 0 heterocycles. The van der Waals surface area contributed by atoms with Crippen LogP contribution in [-0.2, 0) is 13.2 Å². The fraction of sp³-hybridized carbons (Fsp3) is 0.250. The average molecular weight is 275 g/mol. The van der Waals surface area contributed by atoms with Crippen LogP contribution in [0.1, 0.15) is 16.7 Å². The quantitative estimate of drug-likeness (QED) is 0.911. The number of rotatable bonds is 5. The summed E-state index contributed by atoms with van der Waals surface area (Å²) in [5.41, 5.74) is 8.11. The van der Waals surface area contributed by atoms with Crippen LogP contribution in [0.5, 0.6) is 11.5 Å². The largest absolute Gasteiger partial charge is 0.496 e. The predicted octanol–water partition coefficient (Wildman–Crippen LogP) is 3.18. The lowest BCUT2D eigenvalue weighted by molar-refractivity contribution is 0.303. The van der Waals surface area contributed by atoms with Gasteiger partial charge in [-0.05, 0) is 30.2 Å². The molecule has 20 heavy (non-hydrogen) atoms. The Morgan fingerprint density at radius 1 is 1.15 bits per heavy atom. The van der Waals surface area contributed by atoms with Gasteiger partial charge in [-0.1, -0.05) is 18.2 Å². The molecule has 0 aliphatic carbocycles. The van der Waals surface area contributed by atoms with Crippen LogP contribution < -0.4 is 15.2 Å². The maximum atomic E-state index is 13.4. The summed E-state index contributed by atoms with van der Waals surface area (Å²) >= 11 is 0. The summed E-state index contributed by atoms with van der Waals surface area (Å²) < 4.78 is 24.3. The zero-order valence-corrected chi connectivity index (χ0v) is 11.7. The molecule has 0 aliphatic rings. The van der Waals surface area contributed by atoms with E-state index in [9.17, 15) is 4.39 Å². The molecule has 2 rings (SSSR count). The third-order valence-corrected chi connectivity index (χ3v) is 3.12. The summed E-state index contributed by atoms with van der Waals surface area (Å²) in [7, 11) is 1.61. The molecule has 0 aromatic heterocycles. The first-order valence-corrected chi connectivity index (χ1v) is 6.39. The van der Waals surface area contributed by atoms with E-state index in [0.717, 1.165) is 16.9 Å². The minimum atomic E-state index is -0.265. The average Bonchev–Trinajstić information content (AvgIpc) is 2.48. The number of nitrogens with two attached hydrogens (primary N) is 1. The Morgan fingerprint density at radius 2 is 1.95 bits per heavy atom. The van der Waals surface area contributed by atoms with Gasteiger partial charge in [0.25, 0.3) is 0 Å². The molecule has 0 atom stereocenters. The zero-order chi connectivity index (χ0) is 14.5. The SMILES string of the molecule is COc1cc(COc2ccc(C)c(F)c2)ccc1CN. The van der Waals surface area contributed by atoms with Crippen LogP contribution in [0, 0.1) is 12.7 Å². The molecule has 0 radical (unpaired) electrons. The van der Waals surface area contributed by atoms with Gasteiger partial charge >= 0.3 is 0 Å². The Morgan fingerprint density at radius 3 is 2.60 bits per heavy atom. The molecule has 106 valence electrons. The number of hydrogen-bond donors (Lipinski definition) is 1. The van der Waals surface area contributed by atoms with Crippen molar-refractivity contribution in [1.82, 2.24) is 0 Å². The molecule has 0 bridgehead atoms. The highest BCUT2D eigenvalue weighted by Crippen LogP contribution is 2.22. The van der Waals surface area contributed by atoms with E-state index in [4.69, 9.17) is 15.2 Å². The fourth-order valence-electron chi connectivity index (χ4n) is 1.88. The van der Waals surface area contributed by atoms with Gasteiger partial charge < -0.3 is 15.2 Å². The number of benzene rings is 2. The predicted molar refractivity (Wildman–Crippen MR) is 76.4 cm³/mol. The fourth-order valence-corrected chi connectivity index (χ4v) is 1.88. The van der Waals surface area contributed by atoms with Crippen LogP contribution in [0.3, 0.4) is 0 Å². The standard InChI is InChI=1S/C16H18FNO2/c1-11-3-6-14(8-15(11)17)20-10-12-4-5-13(9-18)16(7-12)19-2/h3-8H,9-10,18H2,1-2H3. The zero-order valence-electron chi connectivity index (χ0n) is 11.7. The molecule has 2 N–H and O–H groups in total. The molecule has 0 saturated heterocycles. The molecule has 4 heteroatoms. The van der Waals surface area contributed by atoms with Crippen LogP contribution in [0.15, 0.2) is 36.4 Å². The van der Waals surface area contributed by atoms with Crippen LogP contribution in [0.2, 0.25) is 0 Å². The van der Waals surface area contributed by atoms with E-state index < -0.39 is 0 Å². The van der Waals surface area contributed by atoms with Crippen molar-refractivity contribution in [3.8, 4) is 11.5 Å². The Bertz CT molecular complexity index is 599. The van der Waals surface area contributed by atoms with Gasteiger partial charge in [0.1, 0.15) is 23.9 Å². The minimum Gasteiger partial charge on any atom is -0.496 e. The molecule has 0 saturated carbocycles. The molecule has 0 fully saturated rings. The second-order valence-corrected chi connectivity index (χ2v) is 4.55. The minimum absolute atomic E-state index is 0.265. The van der Waals surface area contributed by atoms with Gasteiger partial charge in [-0.3, -0.25) is 0 Å². The maximum absolute atomic E-state index is 13.4. The first kappa shape index (κ1) is 14.3. The Labute approximate surface area is 118 Å². The maximum Gasteiger partial charge on any atom is 0.129 e. The topological polar surface area (TPSA) is 44.5 Å². The van der Waals surface area contributed by atoms with Crippen LogP contribution in [0.4, 0.5) is 4.39 Å². The number of ether oxygens (including phenoxy) is 2. The van der Waals surface area contributed by atoms with Gasteiger partial charge in [0.05, 0.1) is 7.11 Å². The van der Waals surface area contributed by atoms with Crippen molar-refractivity contribution in [2.75, 3.05) is 7.11 Å². The van der Waals surface area contributed by atoms with Crippen molar-refractivity contribution in [3.05, 3.63) is 58.9 Å². The first-order valence-electron chi connectivity index (χ1n) is 6.39. The summed E-state index contributed by atoms with van der Waals surface area (Å²) in [6.07, 6.45) is 0. The van der Waals surface area contributed by atoms with E-state index in [0.29, 0.717) is 24.5 Å². The highest BCUT2D eigenvalue weighted by atomic mass is 19.1. The van der Waals surface area contributed by atoms with Crippen LogP contribution in [0.25, 0.3) is 0 Å². The Balaban J connectivity index is 2.08. The number of hydrogen-bond acceptors (Lipinski definition) is 3. The van der Waals surface area contributed by atoms with Crippen molar-refractivity contribution < 1.29 is 13.9 Å². The Hall–Kier alpha value is -2.07. The molecule has 0 unspecified atom stereocenters. The lowest BCUT2D eigenvalue weighted by Gasteiger charge is -2.11. The van der Waals surface area contributed by atoms with Gasteiger partial charge in [-0.2, -0.15) is 0 Å². The van der Waals surface area contributed by atoms with Crippen molar-refractivity contribution in [2.24, 2.45) is 5.73 Å². The smallest absolute Gasteiger partial charge is 0.129 e. The van der Waals surface area contributed by atoms with E-state index in [1.54, 1.807) is 26.2 Å². The summed E-state index contributed by atoms with van der Waals surface area (Å²) in [5, 5.41) is 0. The van der Waals surface area contributed by atoms with E-state index in [-0.39, 0.29) is 5.82 Å². The molecule has 0 amide bonds. The first-order chi connectivity index (χ1) is 9.63. The molecule has 2 aromatic rings. The van der Waals surface area contributed by atoms with E-state index in [2.05, 4.69) is 0 Å².